The fourth-order valence-corrected chi connectivity index (χ4v) is 0.935. The smallest absolute Gasteiger partial charge is 0.103 e. The normalized spacial score (nSPS) is 9.09. The van der Waals surface area contributed by atoms with Crippen LogP contribution < -0.4 is 11.5 Å². The molecular weight excluding hydrogens is 162 g/mol. The lowest BCUT2D eigenvalue weighted by Crippen LogP contribution is -1.94. The van der Waals surface area contributed by atoms with Crippen LogP contribution in [0.2, 0.25) is 5.02 Å². The fourth-order valence-electron chi connectivity index (χ4n) is 0.721. The standard InChI is InChI=1S/C7H6ClN3/c8-7-4(3-9)5(10)1-2-6(7)11/h1-2H,10-11H2. The highest BCUT2D eigenvalue weighted by molar-refractivity contribution is 6.34. The quantitative estimate of drug-likeness (QED) is 0.573. The first-order valence-electron chi connectivity index (χ1n) is 2.90. The van der Waals surface area contributed by atoms with Crippen molar-refractivity contribution >= 4 is 23.0 Å². The van der Waals surface area contributed by atoms with Crippen molar-refractivity contribution in [2.24, 2.45) is 0 Å². The molecule has 4 N–H and O–H groups in total. The van der Waals surface area contributed by atoms with Gasteiger partial charge in [-0.1, -0.05) is 11.6 Å². The highest BCUT2D eigenvalue weighted by atomic mass is 35.5. The molecule has 0 unspecified atom stereocenters. The van der Waals surface area contributed by atoms with E-state index in [0.29, 0.717) is 11.4 Å². The van der Waals surface area contributed by atoms with E-state index in [2.05, 4.69) is 0 Å². The molecule has 0 atom stereocenters. The van der Waals surface area contributed by atoms with Gasteiger partial charge >= 0.3 is 0 Å². The van der Waals surface area contributed by atoms with Crippen molar-refractivity contribution in [1.82, 2.24) is 0 Å². The molecule has 11 heavy (non-hydrogen) atoms. The Bertz CT molecular complexity index is 327. The van der Waals surface area contributed by atoms with Crippen LogP contribution in [0.5, 0.6) is 0 Å². The van der Waals surface area contributed by atoms with Crippen LogP contribution in [0.25, 0.3) is 0 Å². The topological polar surface area (TPSA) is 75.8 Å². The van der Waals surface area contributed by atoms with Gasteiger partial charge in [0, 0.05) is 0 Å². The Balaban J connectivity index is 3.44. The van der Waals surface area contributed by atoms with Crippen LogP contribution in [0.4, 0.5) is 11.4 Å². The van der Waals surface area contributed by atoms with Gasteiger partial charge in [-0.3, -0.25) is 0 Å². The van der Waals surface area contributed by atoms with Gasteiger partial charge in [0.15, 0.2) is 0 Å². The third kappa shape index (κ3) is 1.21. The van der Waals surface area contributed by atoms with Crippen LogP contribution in [-0.4, -0.2) is 0 Å². The second kappa shape index (κ2) is 2.69. The zero-order valence-corrected chi connectivity index (χ0v) is 6.39. The number of nitrogen functional groups attached to an aromatic ring is 2. The van der Waals surface area contributed by atoms with E-state index in [1.54, 1.807) is 12.1 Å². The van der Waals surface area contributed by atoms with E-state index in [4.69, 9.17) is 28.3 Å². The number of benzene rings is 1. The summed E-state index contributed by atoms with van der Waals surface area (Å²) < 4.78 is 0. The summed E-state index contributed by atoms with van der Waals surface area (Å²) in [7, 11) is 0. The molecule has 0 saturated heterocycles. The summed E-state index contributed by atoms with van der Waals surface area (Å²) in [6, 6.07) is 4.99. The molecule has 0 saturated carbocycles. The predicted molar refractivity (Wildman–Crippen MR) is 45.0 cm³/mol. The summed E-state index contributed by atoms with van der Waals surface area (Å²) in [4.78, 5) is 0. The molecule has 0 fully saturated rings. The van der Waals surface area contributed by atoms with Crippen molar-refractivity contribution in [3.05, 3.63) is 22.7 Å². The molecule has 1 rings (SSSR count). The summed E-state index contributed by atoms with van der Waals surface area (Å²) in [5.74, 6) is 0. The van der Waals surface area contributed by atoms with E-state index >= 15 is 0 Å². The van der Waals surface area contributed by atoms with Crippen molar-refractivity contribution in [1.29, 1.82) is 5.26 Å². The third-order valence-electron chi connectivity index (χ3n) is 1.32. The lowest BCUT2D eigenvalue weighted by atomic mass is 10.2. The van der Waals surface area contributed by atoms with Crippen molar-refractivity contribution < 1.29 is 0 Å². The molecule has 0 aliphatic carbocycles. The summed E-state index contributed by atoms with van der Waals surface area (Å²) in [6.07, 6.45) is 0. The summed E-state index contributed by atoms with van der Waals surface area (Å²) in [6.45, 7) is 0. The maximum Gasteiger partial charge on any atom is 0.103 e. The Morgan fingerprint density at radius 1 is 1.27 bits per heavy atom. The van der Waals surface area contributed by atoms with Crippen LogP contribution in [0.1, 0.15) is 5.56 Å². The van der Waals surface area contributed by atoms with Gasteiger partial charge in [-0.05, 0) is 12.1 Å². The Hall–Kier alpha value is -1.40. The first-order valence-corrected chi connectivity index (χ1v) is 3.28. The Morgan fingerprint density at radius 3 is 2.27 bits per heavy atom. The number of halogens is 1. The van der Waals surface area contributed by atoms with Gasteiger partial charge in [0.25, 0.3) is 0 Å². The number of anilines is 2. The number of hydrogen-bond donors (Lipinski definition) is 2. The molecule has 4 heteroatoms. The van der Waals surface area contributed by atoms with Gasteiger partial charge in [-0.15, -0.1) is 0 Å². The van der Waals surface area contributed by atoms with E-state index in [0.717, 1.165) is 0 Å². The van der Waals surface area contributed by atoms with Gasteiger partial charge in [0.05, 0.1) is 22.0 Å². The number of rotatable bonds is 0. The zero-order chi connectivity index (χ0) is 8.43. The summed E-state index contributed by atoms with van der Waals surface area (Å²) in [5.41, 5.74) is 11.8. The minimum atomic E-state index is 0.229. The second-order valence-corrected chi connectivity index (χ2v) is 2.42. The minimum Gasteiger partial charge on any atom is -0.398 e. The highest BCUT2D eigenvalue weighted by Gasteiger charge is 2.05. The van der Waals surface area contributed by atoms with Crippen LogP contribution in [0.15, 0.2) is 12.1 Å². The van der Waals surface area contributed by atoms with Gasteiger partial charge < -0.3 is 11.5 Å². The number of hydrogen-bond acceptors (Lipinski definition) is 3. The van der Waals surface area contributed by atoms with E-state index in [1.807, 2.05) is 6.07 Å². The molecule has 0 bridgehead atoms. The van der Waals surface area contributed by atoms with E-state index < -0.39 is 0 Å². The van der Waals surface area contributed by atoms with E-state index in [-0.39, 0.29) is 10.6 Å². The first-order chi connectivity index (χ1) is 5.16. The van der Waals surface area contributed by atoms with Crippen molar-refractivity contribution in [2.75, 3.05) is 11.5 Å². The zero-order valence-electron chi connectivity index (χ0n) is 5.63. The third-order valence-corrected chi connectivity index (χ3v) is 1.72. The molecule has 0 aromatic heterocycles. The number of nitrogens with zero attached hydrogens (tertiary/aromatic N) is 1. The van der Waals surface area contributed by atoms with Crippen LogP contribution in [0.3, 0.4) is 0 Å². The van der Waals surface area contributed by atoms with Gasteiger partial charge in [0.2, 0.25) is 0 Å². The minimum absolute atomic E-state index is 0.229. The number of nitrogens with two attached hydrogens (primary N) is 2. The molecule has 0 aliphatic rings. The summed E-state index contributed by atoms with van der Waals surface area (Å²) >= 11 is 5.67. The Labute approximate surface area is 69.2 Å². The highest BCUT2D eigenvalue weighted by Crippen LogP contribution is 2.26. The van der Waals surface area contributed by atoms with Crippen LogP contribution in [-0.2, 0) is 0 Å². The molecule has 0 amide bonds. The van der Waals surface area contributed by atoms with Crippen molar-refractivity contribution in [3.63, 3.8) is 0 Å². The monoisotopic (exact) mass is 167 g/mol. The molecule has 3 nitrogen and oxygen atoms in total. The molecule has 0 radical (unpaired) electrons. The lowest BCUT2D eigenvalue weighted by molar-refractivity contribution is 1.48. The van der Waals surface area contributed by atoms with Crippen LogP contribution in [0, 0.1) is 11.3 Å². The molecule has 1 aromatic carbocycles. The molecule has 0 heterocycles. The number of nitriles is 1. The molecule has 0 aliphatic heterocycles. The average molecular weight is 168 g/mol. The van der Waals surface area contributed by atoms with E-state index in [1.165, 1.54) is 0 Å². The van der Waals surface area contributed by atoms with E-state index in [9.17, 15) is 0 Å². The average Bonchev–Trinajstić information content (AvgIpc) is 1.99. The van der Waals surface area contributed by atoms with Crippen molar-refractivity contribution in [2.45, 2.75) is 0 Å². The molecule has 56 valence electrons. The van der Waals surface area contributed by atoms with Crippen LogP contribution >= 0.6 is 11.6 Å². The summed E-state index contributed by atoms with van der Waals surface area (Å²) in [5, 5.41) is 8.78. The Kier molecular flexibility index (Phi) is 1.88. The predicted octanol–water partition coefficient (Wildman–Crippen LogP) is 1.38. The maximum absolute atomic E-state index is 8.55. The second-order valence-electron chi connectivity index (χ2n) is 2.04. The Morgan fingerprint density at radius 2 is 1.82 bits per heavy atom. The fraction of sp³-hybridized carbons (Fsp3) is 0. The van der Waals surface area contributed by atoms with Gasteiger partial charge in [-0.25, -0.2) is 0 Å². The van der Waals surface area contributed by atoms with Crippen molar-refractivity contribution in [3.8, 4) is 6.07 Å². The molecular formula is C7H6ClN3. The lowest BCUT2D eigenvalue weighted by Gasteiger charge is -2.01. The molecule has 1 aromatic rings. The van der Waals surface area contributed by atoms with Gasteiger partial charge in [0.1, 0.15) is 6.07 Å². The first kappa shape index (κ1) is 7.70. The SMILES string of the molecule is N#Cc1c(N)ccc(N)c1Cl. The maximum atomic E-state index is 8.55. The molecule has 0 spiro atoms. The van der Waals surface area contributed by atoms with Gasteiger partial charge in [-0.2, -0.15) is 5.26 Å². The largest absolute Gasteiger partial charge is 0.398 e.